The van der Waals surface area contributed by atoms with E-state index in [2.05, 4.69) is 167 Å². The van der Waals surface area contributed by atoms with Gasteiger partial charge in [-0.25, -0.2) is 49.8 Å². The zero-order valence-electron chi connectivity index (χ0n) is 65.6. The summed E-state index contributed by atoms with van der Waals surface area (Å²) in [6.07, 6.45) is 45.8. The van der Waals surface area contributed by atoms with Gasteiger partial charge in [0, 0.05) is 224 Å². The van der Waals surface area contributed by atoms with Gasteiger partial charge in [0.25, 0.3) is 0 Å². The second-order valence-electron chi connectivity index (χ2n) is 27.9. The summed E-state index contributed by atoms with van der Waals surface area (Å²) in [7, 11) is 17.8. The van der Waals surface area contributed by atoms with Gasteiger partial charge >= 0.3 is 0 Å². The number of aromatic nitrogens is 23. The number of phenols is 1. The number of H-pyrrole nitrogens is 1. The summed E-state index contributed by atoms with van der Waals surface area (Å²) in [5.41, 5.74) is 20.8. The molecule has 0 unspecified atom stereocenters. The van der Waals surface area contributed by atoms with Crippen molar-refractivity contribution in [3.8, 4) is 62.0 Å². The van der Waals surface area contributed by atoms with Crippen LogP contribution in [0.25, 0.3) is 84.5 Å². The Morgan fingerprint density at radius 2 is 0.733 bits per heavy atom. The van der Waals surface area contributed by atoms with Crippen molar-refractivity contribution in [3.05, 3.63) is 258 Å². The number of hydrogen-bond acceptors (Lipinski definition) is 24. The van der Waals surface area contributed by atoms with Crippen LogP contribution in [0.5, 0.6) is 5.75 Å². The lowest BCUT2D eigenvalue weighted by Gasteiger charge is -2.14. The number of aromatic hydroxyl groups is 1. The standard InChI is InChI=1S/C18H19N7.C18H17N5O.C17H17N7.C16H14N6O.C14H18N6/c1-23(2)15-6-4-5-14(9-15)22-17-18-20-11-16(25(18)8-7-19-17)13-10-21-24(3)12-13;1-22(2)15-5-3-4-14(10-15)21-17-18-20-11-16(13-6-9-24-12-13)23(18)8-7-19-17;1-23(2)14-5-3-4-13(8-14)22-16-17-19-11-15(12-9-20-21-10-12)24(17)7-6-18-16;1-21-10-11(8-19-21)14-9-18-16-15(17-6-7-22(14)16)20-12-2-4-13(23)5-3-12;1-10(2)6-16-13-14-17-8-12(20(14)5-4-15-13)11-7-18-19(3)9-11/h4-12H,1-3H3,(H,19,22);3-12H,1-2H3,(H,19,21);3-11H,1-2H3,(H,18,22)(H,20,21);2-10,23H,1H3,(H,17,20);4-5,7-10H,6H2,1-3H3,(H,15,16). The van der Waals surface area contributed by atoms with Crippen molar-refractivity contribution in [2.75, 3.05) is 90.1 Å². The summed E-state index contributed by atoms with van der Waals surface area (Å²) in [4.78, 5) is 50.8. The molecule has 4 aromatic carbocycles. The zero-order chi connectivity index (χ0) is 80.3. The maximum absolute atomic E-state index is 9.36. The maximum Gasteiger partial charge on any atom is 0.180 e. The smallest absolute Gasteiger partial charge is 0.180 e. The van der Waals surface area contributed by atoms with E-state index in [-0.39, 0.29) is 5.75 Å². The van der Waals surface area contributed by atoms with Crippen LogP contribution in [-0.4, -0.2) is 165 Å². The molecule has 15 heterocycles. The first kappa shape index (κ1) is 75.7. The predicted octanol–water partition coefficient (Wildman–Crippen LogP) is 14.4. The van der Waals surface area contributed by atoms with Gasteiger partial charge in [-0.3, -0.25) is 41.1 Å². The Balaban J connectivity index is 0.000000114. The van der Waals surface area contributed by atoms with Gasteiger partial charge in [-0.2, -0.15) is 20.4 Å². The number of phenolic OH excluding ortho intramolecular Hbond substituents is 1. The van der Waals surface area contributed by atoms with Crippen LogP contribution >= 0.6 is 0 Å². The van der Waals surface area contributed by atoms with Crippen molar-refractivity contribution in [2.24, 2.45) is 27.1 Å². The molecule has 0 spiro atoms. The number of nitrogens with zero attached hydrogens (tertiary/aromatic N) is 25. The fraction of sp³-hybridized carbons (Fsp3) is 0.157. The highest BCUT2D eigenvalue weighted by atomic mass is 16.3. The maximum atomic E-state index is 9.36. The topological polar surface area (TPSA) is 336 Å². The first-order valence-electron chi connectivity index (χ1n) is 36.9. The number of furan rings is 1. The van der Waals surface area contributed by atoms with E-state index in [1.165, 1.54) is 0 Å². The summed E-state index contributed by atoms with van der Waals surface area (Å²) < 4.78 is 20.5. The molecule has 19 rings (SSSR count). The third-order valence-corrected chi connectivity index (χ3v) is 18.4. The molecule has 584 valence electrons. The minimum Gasteiger partial charge on any atom is -0.508 e. The number of hydrogen-bond donors (Lipinski definition) is 7. The minimum atomic E-state index is 0.224. The summed E-state index contributed by atoms with van der Waals surface area (Å²) >= 11 is 0. The highest BCUT2D eigenvalue weighted by Crippen LogP contribution is 2.33. The molecule has 0 saturated heterocycles. The van der Waals surface area contributed by atoms with Crippen molar-refractivity contribution in [1.82, 2.24) is 111 Å². The summed E-state index contributed by atoms with van der Waals surface area (Å²) in [5, 5.41) is 45.5. The van der Waals surface area contributed by atoms with Crippen molar-refractivity contribution in [2.45, 2.75) is 13.8 Å². The van der Waals surface area contributed by atoms with E-state index < -0.39 is 0 Å². The van der Waals surface area contributed by atoms with E-state index in [1.807, 2.05) is 221 Å². The lowest BCUT2D eigenvalue weighted by Crippen LogP contribution is -2.10. The SMILES string of the molecule is CC(C)CNc1nccn2c(-c3cnn(C)c3)cnc12.CN(C)c1cccc(Nc2nccn3c(-c4ccoc4)cnc23)c1.CN(C)c1cccc(Nc2nccn3c(-c4cn[nH]c4)cnc23)c1.CN(C)c1cccc(Nc2nccn3c(-c4cnn(C)c4)cnc23)c1.Cn1cc(-c2cnc3c(Nc4ccc(O)cc4)nccn23)cn1. The number of aromatic amines is 1. The molecular formula is C83H85N31O2. The number of anilines is 12. The molecular weight excluding hydrogens is 1460 g/mol. The molecule has 0 bridgehead atoms. The molecule has 19 aromatic rings. The monoisotopic (exact) mass is 1550 g/mol. The van der Waals surface area contributed by atoms with Crippen molar-refractivity contribution >= 4 is 97.1 Å². The van der Waals surface area contributed by atoms with Gasteiger partial charge in [0.1, 0.15) is 5.75 Å². The van der Waals surface area contributed by atoms with E-state index in [0.29, 0.717) is 29.2 Å². The van der Waals surface area contributed by atoms with E-state index in [4.69, 9.17) is 4.42 Å². The van der Waals surface area contributed by atoms with Crippen molar-refractivity contribution < 1.29 is 9.52 Å². The van der Waals surface area contributed by atoms with Crippen LogP contribution in [0.3, 0.4) is 0 Å². The Morgan fingerprint density at radius 1 is 0.388 bits per heavy atom. The molecule has 33 heteroatoms. The zero-order valence-corrected chi connectivity index (χ0v) is 65.6. The number of rotatable bonds is 19. The molecule has 116 heavy (non-hydrogen) atoms. The Kier molecular flexibility index (Phi) is 22.1. The van der Waals surface area contributed by atoms with Crippen molar-refractivity contribution in [1.29, 1.82) is 0 Å². The van der Waals surface area contributed by atoms with E-state index in [0.717, 1.165) is 137 Å². The lowest BCUT2D eigenvalue weighted by atomic mass is 10.2. The average Bonchev–Trinajstić information content (AvgIpc) is 1.67. The Bertz CT molecular complexity index is 6310. The molecule has 33 nitrogen and oxygen atoms in total. The first-order valence-corrected chi connectivity index (χ1v) is 36.9. The Hall–Kier alpha value is -15.7. The molecule has 7 N–H and O–H groups in total. The number of aryl methyl sites for hydroxylation is 3. The van der Waals surface area contributed by atoms with Crippen LogP contribution in [0.1, 0.15) is 13.8 Å². The van der Waals surface area contributed by atoms with Crippen molar-refractivity contribution in [3.63, 3.8) is 0 Å². The molecule has 0 fully saturated rings. The Morgan fingerprint density at radius 3 is 1.05 bits per heavy atom. The van der Waals surface area contributed by atoms with Crippen LogP contribution in [0.2, 0.25) is 0 Å². The molecule has 0 atom stereocenters. The van der Waals surface area contributed by atoms with Gasteiger partial charge in [-0.1, -0.05) is 32.0 Å². The van der Waals surface area contributed by atoms with Gasteiger partial charge in [-0.05, 0) is 90.8 Å². The molecule has 0 radical (unpaired) electrons. The molecule has 0 aliphatic carbocycles. The number of fused-ring (bicyclic) bond motifs is 5. The quantitative estimate of drug-likeness (QED) is 0.0370. The predicted molar refractivity (Wildman–Crippen MR) is 454 cm³/mol. The van der Waals surface area contributed by atoms with Gasteiger partial charge in [0.05, 0.1) is 96.8 Å². The minimum absolute atomic E-state index is 0.224. The van der Waals surface area contributed by atoms with E-state index in [9.17, 15) is 5.11 Å². The van der Waals surface area contributed by atoms with E-state index >= 15 is 0 Å². The lowest BCUT2D eigenvalue weighted by molar-refractivity contribution is 0.475. The summed E-state index contributed by atoms with van der Waals surface area (Å²) in [6.45, 7) is 5.21. The average molecular weight is 1550 g/mol. The highest BCUT2D eigenvalue weighted by Gasteiger charge is 2.19. The van der Waals surface area contributed by atoms with Crippen LogP contribution < -0.4 is 41.3 Å². The summed E-state index contributed by atoms with van der Waals surface area (Å²) in [5.74, 6) is 4.38. The normalized spacial score (nSPS) is 11.0. The number of nitrogens with one attached hydrogen (secondary N) is 6. The third kappa shape index (κ3) is 17.1. The second kappa shape index (κ2) is 33.9. The van der Waals surface area contributed by atoms with Crippen LogP contribution in [0.15, 0.2) is 263 Å². The Labute approximate surface area is 666 Å². The van der Waals surface area contributed by atoms with Gasteiger partial charge in [-0.15, -0.1) is 0 Å². The number of benzene rings is 4. The van der Waals surface area contributed by atoms with Gasteiger partial charge < -0.3 is 50.8 Å². The van der Waals surface area contributed by atoms with Gasteiger partial charge in [0.2, 0.25) is 0 Å². The van der Waals surface area contributed by atoms with Gasteiger partial charge in [0.15, 0.2) is 57.3 Å². The van der Waals surface area contributed by atoms with Crippen LogP contribution in [0, 0.1) is 5.92 Å². The number of imidazole rings is 5. The largest absolute Gasteiger partial charge is 0.508 e. The fourth-order valence-corrected chi connectivity index (χ4v) is 12.6. The van der Waals surface area contributed by atoms with Crippen LogP contribution in [0.4, 0.5) is 68.9 Å². The van der Waals surface area contributed by atoms with E-state index in [1.54, 1.807) is 100 Å². The summed E-state index contributed by atoms with van der Waals surface area (Å²) in [6, 6.07) is 33.2. The molecule has 0 saturated carbocycles. The fourth-order valence-electron chi connectivity index (χ4n) is 12.6. The third-order valence-electron chi connectivity index (χ3n) is 18.4. The van der Waals surface area contributed by atoms with Crippen LogP contribution in [-0.2, 0) is 21.1 Å². The highest BCUT2D eigenvalue weighted by molar-refractivity contribution is 5.80. The molecule has 0 amide bonds. The molecule has 15 aromatic heterocycles. The molecule has 0 aliphatic rings. The second-order valence-corrected chi connectivity index (χ2v) is 27.9. The first-order chi connectivity index (χ1) is 56.4. The molecule has 0 aliphatic heterocycles.